The number of imidazole rings is 2. The summed E-state index contributed by atoms with van der Waals surface area (Å²) in [7, 11) is 6.12. The monoisotopic (exact) mass is 1020 g/mol. The molecule has 6 rings (SSSR count). The van der Waals surface area contributed by atoms with Crippen molar-refractivity contribution in [3.05, 3.63) is 84.7 Å². The smallest absolute Gasteiger partial charge is 0.457 e. The van der Waals surface area contributed by atoms with Gasteiger partial charge in [-0.05, 0) is 45.3 Å². The van der Waals surface area contributed by atoms with E-state index in [1.54, 1.807) is 55.1 Å². The predicted octanol–water partition coefficient (Wildman–Crippen LogP) is 9.82. The van der Waals surface area contributed by atoms with Crippen molar-refractivity contribution in [2.75, 3.05) is 53.3 Å². The fourth-order valence-corrected chi connectivity index (χ4v) is 7.29. The molecule has 0 unspecified atom stereocenters. The molecule has 380 valence electrons. The molecule has 0 spiro atoms. The van der Waals surface area contributed by atoms with Crippen molar-refractivity contribution in [2.45, 2.75) is 97.1 Å². The molecule has 19 nitrogen and oxygen atoms in total. The molecular formula is C47H68Cl3N11O8. The number of rotatable bonds is 10. The van der Waals surface area contributed by atoms with Gasteiger partial charge in [0.25, 0.3) is 0 Å². The van der Waals surface area contributed by atoms with Crippen LogP contribution in [0, 0.1) is 0 Å². The Bertz CT molecular complexity index is 2180. The third-order valence-electron chi connectivity index (χ3n) is 11.4. The first-order valence-corrected chi connectivity index (χ1v) is 24.0. The molecule has 2 heterocycles. The number of oxime groups is 2. The van der Waals surface area contributed by atoms with Crippen LogP contribution in [0.5, 0.6) is 0 Å². The molecule has 0 bridgehead atoms. The van der Waals surface area contributed by atoms with Gasteiger partial charge in [-0.2, -0.15) is 0 Å². The molecule has 2 saturated carbocycles. The van der Waals surface area contributed by atoms with Gasteiger partial charge in [0, 0.05) is 72.4 Å². The molecule has 2 aromatic heterocycles. The molecule has 5 N–H and O–H groups in total. The maximum atomic E-state index is 12.7. The second-order valence-corrected chi connectivity index (χ2v) is 16.6. The van der Waals surface area contributed by atoms with Crippen molar-refractivity contribution >= 4 is 70.1 Å². The normalized spacial score (nSPS) is 13.9. The van der Waals surface area contributed by atoms with Gasteiger partial charge >= 0.3 is 23.6 Å². The van der Waals surface area contributed by atoms with Crippen LogP contribution in [0.2, 0.25) is 0 Å². The first-order valence-electron chi connectivity index (χ1n) is 22.6. The van der Waals surface area contributed by atoms with E-state index < -0.39 is 11.6 Å². The Morgan fingerprint density at radius 2 is 1.04 bits per heavy atom. The molecule has 0 radical (unpaired) electrons. The first kappa shape index (κ1) is 59.2. The molecule has 69 heavy (non-hydrogen) atoms. The number of amidine groups is 2. The molecule has 0 saturated heterocycles. The molecule has 4 aromatic rings. The molecule has 2 amide bonds. The molecule has 22 heteroatoms. The number of benzene rings is 2. The Kier molecular flexibility index (Phi) is 28.1. The summed E-state index contributed by atoms with van der Waals surface area (Å²) in [6, 6.07) is 14.7. The summed E-state index contributed by atoms with van der Waals surface area (Å²) in [5.74, 6) is 0.0955. The van der Waals surface area contributed by atoms with E-state index in [2.05, 4.69) is 71.9 Å². The van der Waals surface area contributed by atoms with Crippen LogP contribution in [-0.2, 0) is 14.3 Å². The predicted molar refractivity (Wildman–Crippen MR) is 271 cm³/mol. The zero-order chi connectivity index (χ0) is 51.3. The molecule has 0 atom stereocenters. The fraction of sp³-hybridized carbons (Fsp3) is 0.489. The number of alkyl halides is 2. The highest BCUT2D eigenvalue weighted by molar-refractivity contribution is 6.61. The number of hydrogen-bond acceptors (Lipinski definition) is 13. The Morgan fingerprint density at radius 3 is 1.35 bits per heavy atom. The van der Waals surface area contributed by atoms with Crippen molar-refractivity contribution < 1.29 is 38.7 Å². The second kappa shape index (κ2) is 32.8. The standard InChI is InChI=1S/C20H25N5O4.C18H23N5O2.C6H15N.C2H3ClO2.CH2Cl2/c1-24(16-6-4-3-5-7-16)19(26)25-12-17(22-13-25)14-8-10-15(11-9-14)18(21)23-29-20(27)28-2;1-22(15-5-3-2-4-6-15)18(24)23-11-16(20-12-23)13-7-9-14(10-8-13)17(19)21-25;1-4-7(5-2)6-3;1-5-2(3)4;2-1-3/h8-13,16H,3-7H2,1-2H3,(H2,21,23);7-12,15,25H,2-6H2,1H3,(H2,19,21);4-6H2,1-3H3;1H3;1H2. The van der Waals surface area contributed by atoms with Gasteiger partial charge in [-0.3, -0.25) is 14.0 Å². The molecule has 0 aliphatic heterocycles. The van der Waals surface area contributed by atoms with Crippen molar-refractivity contribution in [1.29, 1.82) is 0 Å². The number of methoxy groups -OCH3 is 2. The zero-order valence-corrected chi connectivity index (χ0v) is 42.9. The van der Waals surface area contributed by atoms with Crippen LogP contribution in [0.3, 0.4) is 0 Å². The zero-order valence-electron chi connectivity index (χ0n) is 40.6. The summed E-state index contributed by atoms with van der Waals surface area (Å²) in [4.78, 5) is 64.9. The van der Waals surface area contributed by atoms with Gasteiger partial charge in [-0.25, -0.2) is 29.1 Å². The number of aromatic nitrogens is 4. The van der Waals surface area contributed by atoms with E-state index in [1.165, 1.54) is 87.8 Å². The van der Waals surface area contributed by atoms with Gasteiger partial charge in [0.2, 0.25) is 0 Å². The Labute approximate surface area is 420 Å². The van der Waals surface area contributed by atoms with E-state index in [9.17, 15) is 19.2 Å². The second-order valence-electron chi connectivity index (χ2n) is 15.5. The molecule has 2 aromatic carbocycles. The Balaban J connectivity index is 0.000000368. The number of carbonyl (C=O) groups excluding carboxylic acids is 4. The summed E-state index contributed by atoms with van der Waals surface area (Å²) >= 11 is 14.1. The number of ether oxygens (including phenoxy) is 2. The maximum Gasteiger partial charge on any atom is 0.534 e. The van der Waals surface area contributed by atoms with Crippen LogP contribution < -0.4 is 11.5 Å². The summed E-state index contributed by atoms with van der Waals surface area (Å²) in [6.45, 7) is 10.1. The minimum Gasteiger partial charge on any atom is -0.457 e. The molecule has 2 fully saturated rings. The summed E-state index contributed by atoms with van der Waals surface area (Å²) in [6.07, 6.45) is 17.0. The lowest BCUT2D eigenvalue weighted by Gasteiger charge is -2.31. The minimum absolute atomic E-state index is 0.0387. The van der Waals surface area contributed by atoms with E-state index in [0.29, 0.717) is 28.6 Å². The van der Waals surface area contributed by atoms with Crippen LogP contribution in [0.1, 0.15) is 96.1 Å². The first-order chi connectivity index (χ1) is 33.1. The highest BCUT2D eigenvalue weighted by Crippen LogP contribution is 2.25. The highest BCUT2D eigenvalue weighted by atomic mass is 35.5. The van der Waals surface area contributed by atoms with E-state index in [0.717, 1.165) is 36.8 Å². The number of nitrogens with two attached hydrogens (primary N) is 2. The quantitative estimate of drug-likeness (QED) is 0.0196. The number of hydrogen-bond donors (Lipinski definition) is 3. The average molecular weight is 1020 g/mol. The van der Waals surface area contributed by atoms with Crippen molar-refractivity contribution in [2.24, 2.45) is 21.8 Å². The topological polar surface area (TPSA) is 238 Å². The van der Waals surface area contributed by atoms with E-state index >= 15 is 0 Å². The van der Waals surface area contributed by atoms with Crippen LogP contribution in [0.4, 0.5) is 19.2 Å². The lowest BCUT2D eigenvalue weighted by atomic mass is 9.95. The minimum atomic E-state index is -0.946. The van der Waals surface area contributed by atoms with E-state index in [4.69, 9.17) is 39.9 Å². The lowest BCUT2D eigenvalue weighted by Crippen LogP contribution is -2.40. The molecular weight excluding hydrogens is 953 g/mol. The highest BCUT2D eigenvalue weighted by Gasteiger charge is 2.25. The van der Waals surface area contributed by atoms with E-state index in [1.807, 2.05) is 36.0 Å². The average Bonchev–Trinajstić information content (AvgIpc) is 4.11. The van der Waals surface area contributed by atoms with Crippen LogP contribution in [0.15, 0.2) is 83.9 Å². The van der Waals surface area contributed by atoms with Crippen LogP contribution in [0.25, 0.3) is 22.5 Å². The number of amides is 2. The van der Waals surface area contributed by atoms with Crippen LogP contribution >= 0.6 is 34.8 Å². The Hall–Kier alpha value is -5.89. The van der Waals surface area contributed by atoms with Gasteiger partial charge < -0.3 is 40.8 Å². The van der Waals surface area contributed by atoms with Crippen LogP contribution in [-0.4, -0.2) is 140 Å². The number of halogens is 3. The van der Waals surface area contributed by atoms with Gasteiger partial charge in [0.15, 0.2) is 11.7 Å². The fourth-order valence-electron chi connectivity index (χ4n) is 7.29. The van der Waals surface area contributed by atoms with Crippen molar-refractivity contribution in [3.8, 4) is 22.5 Å². The lowest BCUT2D eigenvalue weighted by molar-refractivity contribution is 0.0753. The van der Waals surface area contributed by atoms with Crippen molar-refractivity contribution in [1.82, 2.24) is 33.8 Å². The summed E-state index contributed by atoms with van der Waals surface area (Å²) in [5, 5.41) is 15.4. The van der Waals surface area contributed by atoms with Gasteiger partial charge in [0.05, 0.1) is 30.9 Å². The number of nitrogens with zero attached hydrogens (tertiary/aromatic N) is 9. The third kappa shape index (κ3) is 20.3. The van der Waals surface area contributed by atoms with Gasteiger partial charge in [-0.15, -0.1) is 23.2 Å². The van der Waals surface area contributed by atoms with Gasteiger partial charge in [-0.1, -0.05) is 118 Å². The van der Waals surface area contributed by atoms with E-state index in [-0.39, 0.29) is 35.1 Å². The molecule has 2 aliphatic carbocycles. The summed E-state index contributed by atoms with van der Waals surface area (Å²) < 4.78 is 11.2. The third-order valence-corrected chi connectivity index (χ3v) is 11.6. The number of carbonyl (C=O) groups is 4. The largest absolute Gasteiger partial charge is 0.534 e. The van der Waals surface area contributed by atoms with Crippen molar-refractivity contribution in [3.63, 3.8) is 0 Å². The summed E-state index contributed by atoms with van der Waals surface area (Å²) in [5.41, 5.74) is 14.8. The van der Waals surface area contributed by atoms with Gasteiger partial charge in [0.1, 0.15) is 12.7 Å². The Morgan fingerprint density at radius 1 is 0.681 bits per heavy atom. The molecule has 2 aliphatic rings. The maximum absolute atomic E-state index is 12.7. The SMILES string of the molecule is CCN(CC)CC.CN(C(=O)n1cnc(-c2ccc(/C(N)=N/O)cc2)c1)C1CCCCC1.COC(=O)Cl.COC(=O)O/N=C(\N)c1ccc(-c2cn(C(=O)N(C)C3CCCCC3)cn2)cc1.ClCCl.